The van der Waals surface area contributed by atoms with Gasteiger partial charge < -0.3 is 10.1 Å². The number of nitrogens with zero attached hydrogens (tertiary/aromatic N) is 3. The second kappa shape index (κ2) is 9.64. The van der Waals surface area contributed by atoms with E-state index in [4.69, 9.17) is 17.0 Å². The lowest BCUT2D eigenvalue weighted by molar-refractivity contribution is 0.198. The van der Waals surface area contributed by atoms with Crippen molar-refractivity contribution in [2.75, 3.05) is 19.0 Å². The first-order chi connectivity index (χ1) is 13.2. The van der Waals surface area contributed by atoms with Crippen molar-refractivity contribution >= 4 is 34.4 Å². The van der Waals surface area contributed by atoms with Gasteiger partial charge in [-0.25, -0.2) is 4.68 Å². The molecule has 0 fully saturated rings. The molecule has 0 saturated heterocycles. The van der Waals surface area contributed by atoms with Crippen LogP contribution >= 0.6 is 23.6 Å². The highest BCUT2D eigenvalue weighted by Crippen LogP contribution is 2.28. The van der Waals surface area contributed by atoms with E-state index in [0.717, 1.165) is 40.0 Å². The summed E-state index contributed by atoms with van der Waals surface area (Å²) in [5, 5.41) is 8.75. The predicted molar refractivity (Wildman–Crippen MR) is 114 cm³/mol. The molecule has 0 radical (unpaired) electrons. The molecule has 0 unspecified atom stereocenters. The Hall–Kier alpha value is -2.22. The first-order valence-corrected chi connectivity index (χ1v) is 10.2. The molecule has 0 aliphatic heterocycles. The van der Waals surface area contributed by atoms with Gasteiger partial charge in [-0.05, 0) is 42.9 Å². The van der Waals surface area contributed by atoms with Crippen LogP contribution in [-0.4, -0.2) is 28.3 Å². The molecular weight excluding hydrogens is 376 g/mol. The van der Waals surface area contributed by atoms with Crippen LogP contribution in [-0.2, 0) is 13.2 Å². The molecule has 142 valence electrons. The van der Waals surface area contributed by atoms with Crippen LogP contribution in [0.3, 0.4) is 0 Å². The number of nitrogens with one attached hydrogen (secondary N) is 1. The normalized spacial score (nSPS) is 10.9. The molecule has 0 atom stereocenters. The fourth-order valence-electron chi connectivity index (χ4n) is 2.86. The van der Waals surface area contributed by atoms with Crippen molar-refractivity contribution in [3.05, 3.63) is 64.1 Å². The number of benzene rings is 2. The summed E-state index contributed by atoms with van der Waals surface area (Å²) in [5.41, 5.74) is 2.17. The number of hydrogen-bond acceptors (Lipinski definition) is 6. The standard InChI is InChI=1S/C20H24N4OS2/c1-3-13-23(14-16-9-5-4-6-10-16)15-24-20(26)27-19(22-24)21-17-11-7-8-12-18(17)25-2/h4-12H,3,13-15H2,1-2H3,(H,21,22). The lowest BCUT2D eigenvalue weighted by Crippen LogP contribution is -2.27. The molecule has 0 bridgehead atoms. The van der Waals surface area contributed by atoms with Crippen LogP contribution in [0.5, 0.6) is 5.75 Å². The Balaban J connectivity index is 1.73. The highest BCUT2D eigenvalue weighted by atomic mass is 32.1. The summed E-state index contributed by atoms with van der Waals surface area (Å²) in [5.74, 6) is 0.779. The van der Waals surface area contributed by atoms with Crippen molar-refractivity contribution in [2.45, 2.75) is 26.6 Å². The van der Waals surface area contributed by atoms with E-state index in [-0.39, 0.29) is 0 Å². The summed E-state index contributed by atoms with van der Waals surface area (Å²) in [4.78, 5) is 2.36. The van der Waals surface area contributed by atoms with Crippen molar-refractivity contribution in [3.8, 4) is 5.75 Å². The van der Waals surface area contributed by atoms with E-state index < -0.39 is 0 Å². The van der Waals surface area contributed by atoms with E-state index in [0.29, 0.717) is 6.67 Å². The van der Waals surface area contributed by atoms with Gasteiger partial charge in [0.25, 0.3) is 0 Å². The van der Waals surface area contributed by atoms with Crippen molar-refractivity contribution in [1.82, 2.24) is 14.7 Å². The van der Waals surface area contributed by atoms with E-state index in [9.17, 15) is 0 Å². The van der Waals surface area contributed by atoms with Gasteiger partial charge in [0.1, 0.15) is 5.75 Å². The van der Waals surface area contributed by atoms with Crippen molar-refractivity contribution in [1.29, 1.82) is 0 Å². The Bertz CT molecular complexity index is 908. The zero-order valence-electron chi connectivity index (χ0n) is 15.6. The molecule has 0 saturated carbocycles. The van der Waals surface area contributed by atoms with Gasteiger partial charge in [0.05, 0.1) is 19.5 Å². The van der Waals surface area contributed by atoms with Crippen LogP contribution in [0.2, 0.25) is 0 Å². The van der Waals surface area contributed by atoms with Crippen LogP contribution in [0.25, 0.3) is 0 Å². The van der Waals surface area contributed by atoms with E-state index in [1.807, 2.05) is 35.0 Å². The van der Waals surface area contributed by atoms with Gasteiger partial charge in [0.2, 0.25) is 5.13 Å². The van der Waals surface area contributed by atoms with Gasteiger partial charge in [-0.1, -0.05) is 60.7 Å². The SMILES string of the molecule is CCCN(Cc1ccccc1)Cn1nc(Nc2ccccc2OC)sc1=S. The number of hydrogen-bond donors (Lipinski definition) is 1. The lowest BCUT2D eigenvalue weighted by Gasteiger charge is -2.21. The van der Waals surface area contributed by atoms with Crippen LogP contribution in [0, 0.1) is 3.95 Å². The summed E-state index contributed by atoms with van der Waals surface area (Å²) in [6.07, 6.45) is 1.08. The van der Waals surface area contributed by atoms with E-state index in [1.165, 1.54) is 16.9 Å². The van der Waals surface area contributed by atoms with E-state index in [1.54, 1.807) is 7.11 Å². The van der Waals surface area contributed by atoms with Crippen molar-refractivity contribution in [2.24, 2.45) is 0 Å². The van der Waals surface area contributed by atoms with Crippen molar-refractivity contribution in [3.63, 3.8) is 0 Å². The molecule has 0 aliphatic carbocycles. The quantitative estimate of drug-likeness (QED) is 0.494. The molecule has 3 aromatic rings. The fraction of sp³-hybridized carbons (Fsp3) is 0.300. The Morgan fingerprint density at radius 2 is 1.89 bits per heavy atom. The van der Waals surface area contributed by atoms with Gasteiger partial charge in [0, 0.05) is 6.54 Å². The molecule has 0 amide bonds. The molecule has 27 heavy (non-hydrogen) atoms. The van der Waals surface area contributed by atoms with Crippen molar-refractivity contribution < 1.29 is 4.74 Å². The number of para-hydroxylation sites is 2. The molecule has 5 nitrogen and oxygen atoms in total. The third-order valence-corrected chi connectivity index (χ3v) is 5.30. The average Bonchev–Trinajstić information content (AvgIpc) is 3.02. The van der Waals surface area contributed by atoms with Crippen LogP contribution < -0.4 is 10.1 Å². The lowest BCUT2D eigenvalue weighted by atomic mass is 10.2. The molecule has 2 aromatic carbocycles. The monoisotopic (exact) mass is 400 g/mol. The van der Waals surface area contributed by atoms with Gasteiger partial charge in [-0.2, -0.15) is 0 Å². The predicted octanol–water partition coefficient (Wildman–Crippen LogP) is 5.30. The maximum atomic E-state index is 5.54. The van der Waals surface area contributed by atoms with Crippen LogP contribution in [0.4, 0.5) is 10.8 Å². The fourth-order valence-corrected chi connectivity index (χ4v) is 3.86. The number of ether oxygens (including phenoxy) is 1. The Labute approximate surface area is 169 Å². The summed E-state index contributed by atoms with van der Waals surface area (Å²) in [6.45, 7) is 4.73. The minimum absolute atomic E-state index is 0.672. The number of anilines is 2. The highest BCUT2D eigenvalue weighted by molar-refractivity contribution is 7.73. The van der Waals surface area contributed by atoms with Gasteiger partial charge in [-0.15, -0.1) is 5.10 Å². The molecule has 3 rings (SSSR count). The minimum atomic E-state index is 0.672. The molecule has 1 aromatic heterocycles. The zero-order valence-corrected chi connectivity index (χ0v) is 17.2. The third-order valence-electron chi connectivity index (χ3n) is 4.08. The first kappa shape index (κ1) is 19.5. The van der Waals surface area contributed by atoms with Gasteiger partial charge in [-0.3, -0.25) is 4.90 Å². The molecule has 7 heteroatoms. The maximum absolute atomic E-state index is 5.54. The average molecular weight is 401 g/mol. The Morgan fingerprint density at radius 3 is 2.63 bits per heavy atom. The molecule has 1 N–H and O–H groups in total. The number of methoxy groups -OCH3 is 1. The highest BCUT2D eigenvalue weighted by Gasteiger charge is 2.11. The topological polar surface area (TPSA) is 42.3 Å². The summed E-state index contributed by atoms with van der Waals surface area (Å²) >= 11 is 7.01. The second-order valence-corrected chi connectivity index (χ2v) is 7.80. The third kappa shape index (κ3) is 5.38. The van der Waals surface area contributed by atoms with Gasteiger partial charge >= 0.3 is 0 Å². The number of rotatable bonds is 9. The van der Waals surface area contributed by atoms with E-state index in [2.05, 4.69) is 46.5 Å². The summed E-state index contributed by atoms with van der Waals surface area (Å²) < 4.78 is 8.03. The second-order valence-electron chi connectivity index (χ2n) is 6.18. The molecule has 0 aliphatic rings. The number of aromatic nitrogens is 2. The van der Waals surface area contributed by atoms with Gasteiger partial charge in [0.15, 0.2) is 3.95 Å². The minimum Gasteiger partial charge on any atom is -0.495 e. The summed E-state index contributed by atoms with van der Waals surface area (Å²) in [7, 11) is 1.66. The van der Waals surface area contributed by atoms with E-state index >= 15 is 0 Å². The molecule has 0 spiro atoms. The molecule has 1 heterocycles. The smallest absolute Gasteiger partial charge is 0.209 e. The Morgan fingerprint density at radius 1 is 1.15 bits per heavy atom. The summed E-state index contributed by atoms with van der Waals surface area (Å²) in [6, 6.07) is 18.3. The zero-order chi connectivity index (χ0) is 19.1. The first-order valence-electron chi connectivity index (χ1n) is 8.94. The largest absolute Gasteiger partial charge is 0.495 e. The Kier molecular flexibility index (Phi) is 6.98. The molecular formula is C20H24N4OS2. The van der Waals surface area contributed by atoms with Crippen LogP contribution in [0.15, 0.2) is 54.6 Å². The van der Waals surface area contributed by atoms with Crippen LogP contribution in [0.1, 0.15) is 18.9 Å². The maximum Gasteiger partial charge on any atom is 0.209 e.